The Balaban J connectivity index is 2.09. The first-order valence-corrected chi connectivity index (χ1v) is 8.37. The normalized spacial score (nSPS) is 10.5. The van der Waals surface area contributed by atoms with Gasteiger partial charge in [-0.25, -0.2) is 4.39 Å². The first kappa shape index (κ1) is 18.4. The van der Waals surface area contributed by atoms with Crippen LogP contribution in [0.25, 0.3) is 0 Å². The van der Waals surface area contributed by atoms with Gasteiger partial charge in [-0.15, -0.1) is 11.3 Å². The number of amides is 2. The SMILES string of the molecule is Cc1cc(NC(=O)c2ccc(F)cc2Cl)sc1C(=O)NCCCO. The summed E-state index contributed by atoms with van der Waals surface area (Å²) in [6.45, 7) is 2.14. The van der Waals surface area contributed by atoms with Crippen LogP contribution in [0.2, 0.25) is 5.02 Å². The molecule has 2 aromatic rings. The predicted molar refractivity (Wildman–Crippen MR) is 92.5 cm³/mol. The molecule has 1 heterocycles. The molecule has 0 atom stereocenters. The van der Waals surface area contributed by atoms with Crippen LogP contribution in [-0.4, -0.2) is 30.1 Å². The largest absolute Gasteiger partial charge is 0.396 e. The molecule has 128 valence electrons. The molecule has 0 fully saturated rings. The number of benzene rings is 1. The van der Waals surface area contributed by atoms with E-state index in [0.29, 0.717) is 22.8 Å². The van der Waals surface area contributed by atoms with Crippen molar-refractivity contribution in [1.29, 1.82) is 0 Å². The molecule has 0 aliphatic carbocycles. The van der Waals surface area contributed by atoms with Crippen LogP contribution >= 0.6 is 22.9 Å². The average molecular weight is 371 g/mol. The zero-order valence-corrected chi connectivity index (χ0v) is 14.4. The van der Waals surface area contributed by atoms with Gasteiger partial charge in [0, 0.05) is 13.2 Å². The molecule has 3 N–H and O–H groups in total. The third-order valence-electron chi connectivity index (χ3n) is 3.16. The standard InChI is InChI=1S/C16H16ClFN2O3S/c1-9-7-13(24-14(9)16(23)19-5-2-6-21)20-15(22)11-4-3-10(18)8-12(11)17/h3-4,7-8,21H,2,5-6H2,1H3,(H,19,23)(H,20,22). The third kappa shape index (κ3) is 4.53. The molecule has 8 heteroatoms. The molecule has 2 rings (SSSR count). The summed E-state index contributed by atoms with van der Waals surface area (Å²) in [4.78, 5) is 24.7. The van der Waals surface area contributed by atoms with E-state index in [4.69, 9.17) is 16.7 Å². The molecular formula is C16H16ClFN2O3S. The van der Waals surface area contributed by atoms with E-state index in [2.05, 4.69) is 10.6 Å². The quantitative estimate of drug-likeness (QED) is 0.683. The van der Waals surface area contributed by atoms with Gasteiger partial charge in [0.1, 0.15) is 5.82 Å². The molecule has 24 heavy (non-hydrogen) atoms. The lowest BCUT2D eigenvalue weighted by Gasteiger charge is -2.04. The smallest absolute Gasteiger partial charge is 0.261 e. The van der Waals surface area contributed by atoms with Gasteiger partial charge in [0.25, 0.3) is 11.8 Å². The van der Waals surface area contributed by atoms with E-state index in [9.17, 15) is 14.0 Å². The van der Waals surface area contributed by atoms with Gasteiger partial charge in [-0.3, -0.25) is 9.59 Å². The van der Waals surface area contributed by atoms with Gasteiger partial charge in [0.2, 0.25) is 0 Å². The number of aryl methyl sites for hydroxylation is 1. The number of aliphatic hydroxyl groups excluding tert-OH is 1. The molecule has 0 spiro atoms. The van der Waals surface area contributed by atoms with Gasteiger partial charge in [0.15, 0.2) is 0 Å². The minimum absolute atomic E-state index is 0.00341. The van der Waals surface area contributed by atoms with E-state index < -0.39 is 11.7 Å². The molecule has 0 saturated heterocycles. The summed E-state index contributed by atoms with van der Waals surface area (Å²) in [5.41, 5.74) is 0.875. The Hall–Kier alpha value is -1.96. The summed E-state index contributed by atoms with van der Waals surface area (Å²) in [5.74, 6) is -1.26. The first-order valence-electron chi connectivity index (χ1n) is 7.18. The molecule has 1 aromatic carbocycles. The molecule has 0 radical (unpaired) electrons. The summed E-state index contributed by atoms with van der Waals surface area (Å²) in [5, 5.41) is 14.6. The molecule has 0 bridgehead atoms. The Labute approximate surface area is 147 Å². The zero-order chi connectivity index (χ0) is 17.7. The van der Waals surface area contributed by atoms with Crippen LogP contribution in [0.1, 0.15) is 32.0 Å². The Morgan fingerprint density at radius 2 is 2.04 bits per heavy atom. The van der Waals surface area contributed by atoms with Crippen LogP contribution in [0.5, 0.6) is 0 Å². The van der Waals surface area contributed by atoms with E-state index in [0.717, 1.165) is 29.0 Å². The topological polar surface area (TPSA) is 78.4 Å². The zero-order valence-electron chi connectivity index (χ0n) is 12.9. The summed E-state index contributed by atoms with van der Waals surface area (Å²) in [6, 6.07) is 5.20. The molecule has 0 saturated carbocycles. The van der Waals surface area contributed by atoms with E-state index in [-0.39, 0.29) is 23.1 Å². The van der Waals surface area contributed by atoms with E-state index >= 15 is 0 Å². The monoisotopic (exact) mass is 370 g/mol. The van der Waals surface area contributed by atoms with E-state index in [1.165, 1.54) is 6.07 Å². The van der Waals surface area contributed by atoms with Crippen molar-refractivity contribution in [2.75, 3.05) is 18.5 Å². The highest BCUT2D eigenvalue weighted by molar-refractivity contribution is 7.18. The number of carbonyl (C=O) groups is 2. The summed E-state index contributed by atoms with van der Waals surface area (Å²) in [6.07, 6.45) is 0.475. The highest BCUT2D eigenvalue weighted by Crippen LogP contribution is 2.28. The predicted octanol–water partition coefficient (Wildman–Crippen LogP) is 3.21. The summed E-state index contributed by atoms with van der Waals surface area (Å²) in [7, 11) is 0. The summed E-state index contributed by atoms with van der Waals surface area (Å²) >= 11 is 7.00. The van der Waals surface area contributed by atoms with E-state index in [1.54, 1.807) is 13.0 Å². The van der Waals surface area contributed by atoms with Gasteiger partial charge >= 0.3 is 0 Å². The molecule has 5 nitrogen and oxygen atoms in total. The van der Waals surface area contributed by atoms with Gasteiger partial charge in [-0.1, -0.05) is 11.6 Å². The Morgan fingerprint density at radius 1 is 1.29 bits per heavy atom. The van der Waals surface area contributed by atoms with Crippen LogP contribution in [0, 0.1) is 12.7 Å². The molecule has 0 aliphatic rings. The fourth-order valence-electron chi connectivity index (χ4n) is 1.98. The third-order valence-corrected chi connectivity index (χ3v) is 4.62. The minimum Gasteiger partial charge on any atom is -0.396 e. The number of hydrogen-bond acceptors (Lipinski definition) is 4. The van der Waals surface area contributed by atoms with Crippen molar-refractivity contribution in [3.05, 3.63) is 51.1 Å². The van der Waals surface area contributed by atoms with Crippen molar-refractivity contribution in [3.8, 4) is 0 Å². The number of hydrogen-bond donors (Lipinski definition) is 3. The molecule has 0 aliphatic heterocycles. The van der Waals surface area contributed by atoms with Crippen molar-refractivity contribution < 1.29 is 19.1 Å². The molecule has 2 amide bonds. The number of thiophene rings is 1. The second-order valence-electron chi connectivity index (χ2n) is 5.03. The Kier molecular flexibility index (Phi) is 6.30. The fraction of sp³-hybridized carbons (Fsp3) is 0.250. The summed E-state index contributed by atoms with van der Waals surface area (Å²) < 4.78 is 13.0. The van der Waals surface area contributed by atoms with Gasteiger partial charge in [-0.05, 0) is 43.2 Å². The van der Waals surface area contributed by atoms with Crippen LogP contribution in [0.4, 0.5) is 9.39 Å². The number of halogens is 2. The van der Waals surface area contributed by atoms with Crippen molar-refractivity contribution in [1.82, 2.24) is 5.32 Å². The fourth-order valence-corrected chi connectivity index (χ4v) is 3.22. The van der Waals surface area contributed by atoms with Crippen molar-refractivity contribution in [2.24, 2.45) is 0 Å². The maximum Gasteiger partial charge on any atom is 0.261 e. The maximum atomic E-state index is 13.0. The lowest BCUT2D eigenvalue weighted by molar-refractivity contribution is 0.0953. The molecule has 0 unspecified atom stereocenters. The van der Waals surface area contributed by atoms with Crippen LogP contribution < -0.4 is 10.6 Å². The number of anilines is 1. The van der Waals surface area contributed by atoms with Crippen molar-refractivity contribution in [3.63, 3.8) is 0 Å². The first-order chi connectivity index (χ1) is 11.4. The van der Waals surface area contributed by atoms with Crippen LogP contribution in [-0.2, 0) is 0 Å². The maximum absolute atomic E-state index is 13.0. The second-order valence-corrected chi connectivity index (χ2v) is 6.49. The number of rotatable bonds is 6. The lowest BCUT2D eigenvalue weighted by atomic mass is 10.2. The van der Waals surface area contributed by atoms with Crippen molar-refractivity contribution >= 4 is 39.8 Å². The second kappa shape index (κ2) is 8.23. The van der Waals surface area contributed by atoms with Gasteiger partial charge < -0.3 is 15.7 Å². The number of carbonyl (C=O) groups excluding carboxylic acids is 2. The molecule has 1 aromatic heterocycles. The average Bonchev–Trinajstić information content (AvgIpc) is 2.87. The lowest BCUT2D eigenvalue weighted by Crippen LogP contribution is -2.24. The highest BCUT2D eigenvalue weighted by atomic mass is 35.5. The Morgan fingerprint density at radius 3 is 2.71 bits per heavy atom. The van der Waals surface area contributed by atoms with E-state index in [1.807, 2.05) is 0 Å². The van der Waals surface area contributed by atoms with Crippen LogP contribution in [0.3, 0.4) is 0 Å². The number of nitrogens with one attached hydrogen (secondary N) is 2. The number of aliphatic hydroxyl groups is 1. The Bertz CT molecular complexity index is 764. The highest BCUT2D eigenvalue weighted by Gasteiger charge is 2.16. The van der Waals surface area contributed by atoms with Crippen molar-refractivity contribution in [2.45, 2.75) is 13.3 Å². The van der Waals surface area contributed by atoms with Gasteiger partial charge in [0.05, 0.1) is 20.5 Å². The van der Waals surface area contributed by atoms with Gasteiger partial charge in [-0.2, -0.15) is 0 Å². The minimum atomic E-state index is -0.523. The van der Waals surface area contributed by atoms with Crippen LogP contribution in [0.15, 0.2) is 24.3 Å². The molecular weight excluding hydrogens is 355 g/mol.